The van der Waals surface area contributed by atoms with Gasteiger partial charge in [0, 0.05) is 118 Å². The van der Waals surface area contributed by atoms with Crippen molar-refractivity contribution < 1.29 is 61.4 Å². The number of hydrogen-bond acceptors (Lipinski definition) is 22. The minimum atomic E-state index is -4.58. The van der Waals surface area contributed by atoms with Crippen molar-refractivity contribution in [3.8, 4) is 0 Å². The minimum Gasteiger partial charge on any atom is -0.396 e. The van der Waals surface area contributed by atoms with E-state index < -0.39 is 30.2 Å². The largest absolute Gasteiger partial charge is 0.408 e. The third-order valence-corrected chi connectivity index (χ3v) is 21.4. The number of urea groups is 4. The fourth-order valence-electron chi connectivity index (χ4n) is 14.8. The predicted molar refractivity (Wildman–Crippen MR) is 420 cm³/mol. The van der Waals surface area contributed by atoms with Gasteiger partial charge in [0.05, 0.1) is 53.5 Å². The van der Waals surface area contributed by atoms with Crippen molar-refractivity contribution in [2.24, 2.45) is 13.0 Å². The second kappa shape index (κ2) is 34.0. The van der Waals surface area contributed by atoms with Gasteiger partial charge in [-0.3, -0.25) is 59.0 Å². The van der Waals surface area contributed by atoms with Gasteiger partial charge in [-0.15, -0.1) is 0 Å². The molecule has 8 N–H and O–H groups in total. The summed E-state index contributed by atoms with van der Waals surface area (Å²) in [6.07, 6.45) is 10.7. The van der Waals surface area contributed by atoms with Crippen LogP contribution >= 0.6 is 0 Å². The maximum atomic E-state index is 13.2. The molecule has 8 aliphatic heterocycles. The summed E-state index contributed by atoms with van der Waals surface area (Å²) in [5.74, 6) is 1.43. The number of Topliss-reactive ketones (excluding diaryl/α,β-unsaturated/α-hetero) is 1. The molecule has 2 saturated carbocycles. The lowest BCUT2D eigenvalue weighted by atomic mass is 10.1. The van der Waals surface area contributed by atoms with Crippen LogP contribution in [0.4, 0.5) is 95.7 Å². The lowest BCUT2D eigenvalue weighted by Gasteiger charge is -2.35. The number of aliphatic hydroxyl groups excluding tert-OH is 1. The van der Waals surface area contributed by atoms with Crippen LogP contribution in [0.15, 0.2) is 115 Å². The number of aliphatic hydroxyl groups is 1. The van der Waals surface area contributed by atoms with Gasteiger partial charge in [0.25, 0.3) is 23.3 Å². The highest BCUT2D eigenvalue weighted by Gasteiger charge is 2.46. The Kier molecular flexibility index (Phi) is 23.3. The monoisotopic (exact) mass is 1580 g/mol. The van der Waals surface area contributed by atoms with Crippen molar-refractivity contribution in [1.29, 1.82) is 0 Å². The van der Waals surface area contributed by atoms with E-state index in [1.54, 1.807) is 109 Å². The van der Waals surface area contributed by atoms with Crippen LogP contribution in [0, 0.1) is 5.92 Å². The molecule has 7 aromatic heterocycles. The zero-order valence-corrected chi connectivity index (χ0v) is 63.8. The Hall–Kier alpha value is -12.6. The van der Waals surface area contributed by atoms with Crippen LogP contribution in [0.1, 0.15) is 120 Å². The minimum absolute atomic E-state index is 0.0171. The predicted octanol–water partition coefficient (Wildman–Crippen LogP) is 6.36. The Morgan fingerprint density at radius 3 is 1.50 bits per heavy atom. The normalized spacial score (nSPS) is 18.9. The zero-order chi connectivity index (χ0) is 80.9. The number of likely N-dealkylation sites (N-methyl/N-ethyl adjacent to an activating group) is 1. The van der Waals surface area contributed by atoms with Crippen LogP contribution in [0.3, 0.4) is 0 Å². The van der Waals surface area contributed by atoms with E-state index in [1.165, 1.54) is 39.6 Å². The summed E-state index contributed by atoms with van der Waals surface area (Å²) in [5, 5.41) is 27.6. The van der Waals surface area contributed by atoms with E-state index in [2.05, 4.69) is 81.5 Å². The van der Waals surface area contributed by atoms with Crippen LogP contribution in [0.2, 0.25) is 0 Å². The van der Waals surface area contributed by atoms with Gasteiger partial charge in [-0.1, -0.05) is 6.07 Å². The Balaban J connectivity index is 0.000000127. The second-order valence-corrected chi connectivity index (χ2v) is 29.8. The Bertz CT molecular complexity index is 4920. The van der Waals surface area contributed by atoms with Crippen molar-refractivity contribution in [2.75, 3.05) is 141 Å². The van der Waals surface area contributed by atoms with Gasteiger partial charge in [-0.2, -0.15) is 13.2 Å². The maximum Gasteiger partial charge on any atom is 0.408 e. The summed E-state index contributed by atoms with van der Waals surface area (Å²) in [7, 11) is 4.76. The molecule has 8 bridgehead atoms. The van der Waals surface area contributed by atoms with Crippen molar-refractivity contribution in [3.63, 3.8) is 0 Å². The number of pyridine rings is 6. The molecule has 17 rings (SSSR count). The smallest absolute Gasteiger partial charge is 0.396 e. The number of aromatic nitrogens is 8. The first-order valence-corrected chi connectivity index (χ1v) is 38.4. The van der Waals surface area contributed by atoms with Crippen LogP contribution in [-0.2, 0) is 11.8 Å². The van der Waals surface area contributed by atoms with Crippen molar-refractivity contribution in [1.82, 2.24) is 65.6 Å². The molecule has 12 amide bonds. The first kappa shape index (κ1) is 79.0. The quantitative estimate of drug-likeness (QED) is 0.0363. The fraction of sp³-hybridized carbons (Fsp3) is 0.442. The molecule has 15 heterocycles. The van der Waals surface area contributed by atoms with Gasteiger partial charge in [0.2, 0.25) is 5.91 Å². The lowest BCUT2D eigenvalue weighted by Crippen LogP contribution is -2.52. The molecule has 38 heteroatoms. The van der Waals surface area contributed by atoms with Crippen LogP contribution in [0.25, 0.3) is 0 Å². The second-order valence-electron chi connectivity index (χ2n) is 29.8. The first-order valence-electron chi connectivity index (χ1n) is 38.4. The number of alkyl halides is 3. The summed E-state index contributed by atoms with van der Waals surface area (Å²) >= 11 is 0. The molecular formula is C77H89F3N24O11. The molecule has 0 aromatic carbocycles. The highest BCUT2D eigenvalue weighted by atomic mass is 19.4. The number of halogens is 3. The summed E-state index contributed by atoms with van der Waals surface area (Å²) in [5.41, 5.74) is 3.89. The third kappa shape index (κ3) is 17.9. The number of nitrogens with zero attached hydrogens (tertiary/aromatic N) is 17. The Labute approximate surface area is 658 Å². The van der Waals surface area contributed by atoms with Gasteiger partial charge in [-0.05, 0) is 156 Å². The third-order valence-electron chi connectivity index (χ3n) is 21.4. The number of carbonyl (C=O) groups is 9. The van der Waals surface area contributed by atoms with Gasteiger partial charge in [-0.25, -0.2) is 54.1 Å². The highest BCUT2D eigenvalue weighted by Crippen LogP contribution is 2.44. The molecule has 10 aliphatic rings. The highest BCUT2D eigenvalue weighted by molar-refractivity contribution is 6.08. The number of unbranched alkanes of at least 4 members (excludes halogenated alkanes) is 1. The Morgan fingerprint density at radius 1 is 0.539 bits per heavy atom. The van der Waals surface area contributed by atoms with E-state index in [4.69, 9.17) is 5.11 Å². The lowest BCUT2D eigenvalue weighted by molar-refractivity contribution is -0.149. The number of aryl methyl sites for hydroxylation is 1. The topological polar surface area (TPSA) is 399 Å². The molecule has 5 atom stereocenters. The molecule has 7 aromatic rings. The van der Waals surface area contributed by atoms with Crippen molar-refractivity contribution >= 4 is 117 Å². The number of rotatable bonds is 17. The number of hydrogen-bond donors (Lipinski definition) is 8. The molecule has 4 saturated heterocycles. The molecule has 35 nitrogen and oxygen atoms in total. The van der Waals surface area contributed by atoms with E-state index in [9.17, 15) is 61.1 Å². The standard InChI is InChI=1S/C20H22N6O3.C20H23N5O3.C19H21N7O2.C18H23F3N6O3/c1-24-9-2-3-15(19(24)28)23-20(29)26-13-8-10-25(11-13)16-7-6-14(22-17(16)26)18(27)21-12-4-5-12;26-12-4-2-5-17(27)15-7-8-16-19(22-15)25(14-9-11-24(16)13-14)20(28)23-18-6-1-3-10-21-18;27-18(21-9-12-1-2-12)14-3-4-15-17(23-14)26(13-6-8-25(15)10-13)19(28)24-16-5-7-20-11-22-16;1-10(18(19,20)21)23-16(29)12-4-5-13-15(24-12)27(11-6-7-26(13)9-11)17(30)22-8-14(28)25(2)3/h2-3,6-7,9,12-13H,4-5,8,10-11H2,1H3,(H,21,27)(H,23,29);1,3,6-8,10,14,26H,2,4-5,9,11-13H2,(H,21,23,28);3-5,7,11-13H,1-2,6,8-10H2,(H,21,27)(H,20,22,24,28);4-5,10-11H,6-9H2,1-3H3,(H,22,30)(H,23,29)/t13-;14-;13-;10-,11+/m0001/s1. The molecule has 604 valence electrons. The van der Waals surface area contributed by atoms with Crippen LogP contribution < -0.4 is 82.0 Å². The van der Waals surface area contributed by atoms with E-state index in [0.717, 1.165) is 88.8 Å². The number of nitrogens with one attached hydrogen (secondary N) is 7. The molecule has 0 spiro atoms. The summed E-state index contributed by atoms with van der Waals surface area (Å²) < 4.78 is 39.7. The molecule has 0 unspecified atom stereocenters. The molecule has 6 fully saturated rings. The van der Waals surface area contributed by atoms with Gasteiger partial charge in [0.1, 0.15) is 52.5 Å². The van der Waals surface area contributed by atoms with E-state index in [1.807, 2.05) is 34.5 Å². The van der Waals surface area contributed by atoms with Crippen molar-refractivity contribution in [3.05, 3.63) is 143 Å². The van der Waals surface area contributed by atoms with E-state index >= 15 is 0 Å². The van der Waals surface area contributed by atoms with Gasteiger partial charge >= 0.3 is 30.3 Å². The number of anilines is 11. The molecular weight excluding hydrogens is 1490 g/mol. The number of ketones is 1. The molecule has 2 aliphatic carbocycles. The van der Waals surface area contributed by atoms with Crippen molar-refractivity contribution in [2.45, 2.75) is 120 Å². The number of carbonyl (C=O) groups excluding carboxylic acids is 9. The number of fused-ring (bicyclic) bond motifs is 16. The van der Waals surface area contributed by atoms with Crippen LogP contribution in [-0.4, -0.2) is 232 Å². The molecule has 0 radical (unpaired) electrons. The average molecular weight is 1580 g/mol. The SMILES string of the molecule is C[C@@H](NC(=O)c1ccc2c(n1)N(C(=O)NCC(=O)N(C)C)[C@H]1CCN2C1)C(F)(F)F.Cn1cccc(NC(=O)N2c3nc(C(=O)NC4CC4)ccc3N3CC[C@H]2C3)c1=O.O=C(CCCCO)c1ccc2c(n1)N(C(=O)Nc1ccccn1)[C@H]1CCN2C1.O=C(NCC1CC1)c1ccc2c(n1)N(C(=O)Nc1ccncn1)[C@H]1CCN2C1. The van der Waals surface area contributed by atoms with Gasteiger partial charge < -0.3 is 60.8 Å². The fourth-order valence-corrected chi connectivity index (χ4v) is 14.8. The first-order chi connectivity index (χ1) is 55.3. The van der Waals surface area contributed by atoms with Gasteiger partial charge in [0.15, 0.2) is 29.1 Å². The summed E-state index contributed by atoms with van der Waals surface area (Å²) in [6, 6.07) is 20.4. The summed E-state index contributed by atoms with van der Waals surface area (Å²) in [4.78, 5) is 172. The van der Waals surface area contributed by atoms with Crippen LogP contribution in [0.5, 0.6) is 0 Å². The van der Waals surface area contributed by atoms with E-state index in [-0.39, 0.29) is 102 Å². The summed E-state index contributed by atoms with van der Waals surface area (Å²) in [6.45, 7) is 7.41. The average Bonchev–Trinajstić information content (AvgIpc) is 1.60. The molecule has 115 heavy (non-hydrogen) atoms. The van der Waals surface area contributed by atoms with E-state index in [0.29, 0.717) is 110 Å². The maximum absolute atomic E-state index is 13.2. The Morgan fingerprint density at radius 2 is 1.03 bits per heavy atom. The zero-order valence-electron chi connectivity index (χ0n) is 63.8. The number of amides is 12.